The van der Waals surface area contributed by atoms with E-state index in [9.17, 15) is 19.8 Å². The molecule has 0 aliphatic carbocycles. The zero-order valence-electron chi connectivity index (χ0n) is 33.8. The molecule has 2 atom stereocenters. The second-order valence-corrected chi connectivity index (χ2v) is 16.3. The predicted octanol–water partition coefficient (Wildman–Crippen LogP) is 11.5. The van der Waals surface area contributed by atoms with Crippen molar-refractivity contribution in [3.05, 3.63) is 203 Å². The summed E-state index contributed by atoms with van der Waals surface area (Å²) < 4.78 is 4.26. The number of hydrogen-bond acceptors (Lipinski definition) is 5. The molecule has 8 nitrogen and oxygen atoms in total. The molecule has 298 valence electrons. The van der Waals surface area contributed by atoms with Gasteiger partial charge < -0.3 is 24.2 Å². The van der Waals surface area contributed by atoms with Crippen LogP contribution in [0.3, 0.4) is 0 Å². The maximum absolute atomic E-state index is 14.5. The first kappa shape index (κ1) is 36.1. The van der Waals surface area contributed by atoms with E-state index in [1.54, 1.807) is 11.0 Å². The van der Waals surface area contributed by atoms with Gasteiger partial charge in [-0.25, -0.2) is 4.90 Å². The van der Waals surface area contributed by atoms with Crippen molar-refractivity contribution in [2.24, 2.45) is 0 Å². The molecular formula is C54H38N4O4. The summed E-state index contributed by atoms with van der Waals surface area (Å²) in [6, 6.07) is 55.7. The van der Waals surface area contributed by atoms with Crippen molar-refractivity contribution in [3.8, 4) is 22.5 Å². The Bertz CT molecular complexity index is 3460. The summed E-state index contributed by atoms with van der Waals surface area (Å²) in [5, 5.41) is 28.3. The van der Waals surface area contributed by atoms with E-state index in [0.29, 0.717) is 39.3 Å². The van der Waals surface area contributed by atoms with Crippen LogP contribution in [0.1, 0.15) is 55.4 Å². The van der Waals surface area contributed by atoms with Crippen LogP contribution in [0.25, 0.3) is 66.1 Å². The molecule has 0 bridgehead atoms. The minimum absolute atomic E-state index is 0.356. The van der Waals surface area contributed by atoms with Crippen LogP contribution in [0, 0.1) is 13.8 Å². The van der Waals surface area contributed by atoms with Crippen LogP contribution in [-0.2, 0) is 0 Å². The lowest BCUT2D eigenvalue weighted by atomic mass is 9.95. The number of anilines is 2. The van der Waals surface area contributed by atoms with E-state index in [4.69, 9.17) is 0 Å². The highest BCUT2D eigenvalue weighted by atomic mass is 16.3. The van der Waals surface area contributed by atoms with Crippen molar-refractivity contribution in [1.29, 1.82) is 0 Å². The summed E-state index contributed by atoms with van der Waals surface area (Å²) in [6.07, 6.45) is -2.19. The third-order valence-corrected chi connectivity index (χ3v) is 13.0. The van der Waals surface area contributed by atoms with Crippen molar-refractivity contribution in [1.82, 2.24) is 9.13 Å². The molecule has 0 fully saturated rings. The summed E-state index contributed by atoms with van der Waals surface area (Å²) >= 11 is 0. The normalized spacial score (nSPS) is 16.1. The van der Waals surface area contributed by atoms with Crippen molar-refractivity contribution >= 4 is 66.8 Å². The largest absolute Gasteiger partial charge is 0.369 e. The molecule has 2 amide bonds. The first-order chi connectivity index (χ1) is 30.3. The van der Waals surface area contributed by atoms with Gasteiger partial charge >= 0.3 is 0 Å². The molecule has 2 aliphatic heterocycles. The molecule has 4 heterocycles. The highest BCUT2D eigenvalue weighted by Gasteiger charge is 2.41. The maximum Gasteiger partial charge on any atom is 0.268 e. The van der Waals surface area contributed by atoms with Gasteiger partial charge in [0.05, 0.1) is 50.3 Å². The first-order valence-corrected chi connectivity index (χ1v) is 20.8. The quantitative estimate of drug-likeness (QED) is 0.169. The maximum atomic E-state index is 14.5. The molecule has 2 aromatic heterocycles. The molecule has 2 unspecified atom stereocenters. The Labute approximate surface area is 356 Å². The predicted molar refractivity (Wildman–Crippen MR) is 246 cm³/mol. The van der Waals surface area contributed by atoms with Crippen LogP contribution in [0.4, 0.5) is 11.4 Å². The Morgan fingerprint density at radius 3 is 1.45 bits per heavy atom. The average Bonchev–Trinajstić information content (AvgIpc) is 3.98. The summed E-state index contributed by atoms with van der Waals surface area (Å²) in [6.45, 7) is 3.99. The zero-order chi connectivity index (χ0) is 42.0. The fourth-order valence-corrected chi connectivity index (χ4v) is 10.2. The Morgan fingerprint density at radius 1 is 0.435 bits per heavy atom. The van der Waals surface area contributed by atoms with Crippen molar-refractivity contribution in [3.63, 3.8) is 0 Å². The lowest BCUT2D eigenvalue weighted by Gasteiger charge is -2.28. The number of hydrogen-bond donors (Lipinski definition) is 2. The summed E-state index contributed by atoms with van der Waals surface area (Å²) in [7, 11) is 0. The summed E-state index contributed by atoms with van der Waals surface area (Å²) in [5.41, 5.74) is 12.4. The molecular weight excluding hydrogens is 769 g/mol. The fourth-order valence-electron chi connectivity index (χ4n) is 10.2. The van der Waals surface area contributed by atoms with Crippen LogP contribution in [-0.4, -0.2) is 31.2 Å². The molecule has 0 radical (unpaired) electrons. The number of imide groups is 1. The van der Waals surface area contributed by atoms with Gasteiger partial charge in [-0.3, -0.25) is 9.59 Å². The number of aromatic nitrogens is 2. The number of carbonyl (C=O) groups excluding carboxylic acids is 2. The molecule has 12 rings (SSSR count). The van der Waals surface area contributed by atoms with Crippen molar-refractivity contribution in [2.45, 2.75) is 26.3 Å². The van der Waals surface area contributed by atoms with E-state index in [-0.39, 0.29) is 11.8 Å². The SMILES string of the molecule is Cc1cc(N2C(=O)c3cccc(-n4c5ccccc5c5ccccc54)c3C2=O)ccc1-c1ccc(N2C(O)c3cccc(-n4c5ccccc5c5ccccc54)c3C2O)cc1C. The number of aryl methyl sites for hydroxylation is 2. The Kier molecular flexibility index (Phi) is 7.78. The third-order valence-electron chi connectivity index (χ3n) is 13.0. The Balaban J connectivity index is 0.871. The number of nitrogens with zero attached hydrogens (tertiary/aromatic N) is 4. The van der Waals surface area contributed by atoms with E-state index in [1.807, 2.05) is 141 Å². The van der Waals surface area contributed by atoms with Gasteiger partial charge in [0, 0.05) is 38.4 Å². The molecule has 8 heteroatoms. The first-order valence-electron chi connectivity index (χ1n) is 20.8. The van der Waals surface area contributed by atoms with E-state index >= 15 is 0 Å². The fraction of sp³-hybridized carbons (Fsp3) is 0.0741. The second kappa shape index (κ2) is 13.4. The van der Waals surface area contributed by atoms with Gasteiger partial charge in [-0.15, -0.1) is 0 Å². The number of benzene rings is 8. The standard InChI is InChI=1S/C54H38N4O4/c1-31-29-33(55-51(59)41-17-11-23-47(49(41)53(55)61)57-43-19-7-3-13-37(43)38-14-4-8-20-44(38)57)25-27-35(31)36-28-26-34(30-32(36)2)56-52(60)42-18-12-24-48(50(42)54(56)62)58-45-21-9-5-15-39(45)40-16-6-10-22-46(40)58/h3-30,51,53,59,61H,1-2H3. The van der Waals surface area contributed by atoms with Gasteiger partial charge in [-0.05, 0) is 103 Å². The van der Waals surface area contributed by atoms with E-state index in [2.05, 4.69) is 45.5 Å². The van der Waals surface area contributed by atoms with Gasteiger partial charge in [0.2, 0.25) is 0 Å². The van der Waals surface area contributed by atoms with Gasteiger partial charge in [0.15, 0.2) is 12.5 Å². The van der Waals surface area contributed by atoms with Gasteiger partial charge in [-0.2, -0.15) is 0 Å². The third kappa shape index (κ3) is 4.96. The van der Waals surface area contributed by atoms with E-state index in [0.717, 1.165) is 71.6 Å². The summed E-state index contributed by atoms with van der Waals surface area (Å²) in [4.78, 5) is 31.5. The van der Waals surface area contributed by atoms with E-state index in [1.165, 1.54) is 4.90 Å². The number of para-hydroxylation sites is 4. The number of aliphatic hydroxyl groups is 2. The monoisotopic (exact) mass is 806 g/mol. The van der Waals surface area contributed by atoms with Crippen molar-refractivity contribution < 1.29 is 19.8 Å². The molecule has 0 spiro atoms. The van der Waals surface area contributed by atoms with Crippen LogP contribution >= 0.6 is 0 Å². The highest BCUT2D eigenvalue weighted by Crippen LogP contribution is 2.47. The van der Waals surface area contributed by atoms with Crippen molar-refractivity contribution in [2.75, 3.05) is 9.80 Å². The second-order valence-electron chi connectivity index (χ2n) is 16.3. The van der Waals surface area contributed by atoms with Gasteiger partial charge in [0.25, 0.3) is 11.8 Å². The number of carbonyl (C=O) groups is 2. The van der Waals surface area contributed by atoms with Gasteiger partial charge in [-0.1, -0.05) is 103 Å². The molecule has 10 aromatic rings. The molecule has 0 saturated carbocycles. The number of amides is 2. The van der Waals surface area contributed by atoms with E-state index < -0.39 is 12.5 Å². The lowest BCUT2D eigenvalue weighted by Crippen LogP contribution is -2.29. The topological polar surface area (TPSA) is 90.9 Å². The highest BCUT2D eigenvalue weighted by molar-refractivity contribution is 6.36. The minimum Gasteiger partial charge on any atom is -0.369 e. The smallest absolute Gasteiger partial charge is 0.268 e. The number of fused-ring (bicyclic) bond motifs is 8. The molecule has 62 heavy (non-hydrogen) atoms. The number of aliphatic hydroxyl groups excluding tert-OH is 2. The molecule has 0 saturated heterocycles. The van der Waals surface area contributed by atoms with Gasteiger partial charge in [0.1, 0.15) is 0 Å². The zero-order valence-corrected chi connectivity index (χ0v) is 33.8. The molecule has 8 aromatic carbocycles. The minimum atomic E-state index is -1.11. The Morgan fingerprint density at radius 2 is 0.903 bits per heavy atom. The van der Waals surface area contributed by atoms with Crippen LogP contribution in [0.2, 0.25) is 0 Å². The lowest BCUT2D eigenvalue weighted by molar-refractivity contribution is 0.0925. The van der Waals surface area contributed by atoms with Crippen LogP contribution in [0.5, 0.6) is 0 Å². The number of rotatable bonds is 5. The molecule has 2 aliphatic rings. The average molecular weight is 807 g/mol. The molecule has 2 N–H and O–H groups in total. The van der Waals surface area contributed by atoms with Crippen LogP contribution < -0.4 is 9.80 Å². The summed E-state index contributed by atoms with van der Waals surface area (Å²) in [5.74, 6) is -0.717. The Hall–Kier alpha value is -7.78. The van der Waals surface area contributed by atoms with Crippen LogP contribution in [0.15, 0.2) is 170 Å².